The summed E-state index contributed by atoms with van der Waals surface area (Å²) in [5.41, 5.74) is 1.38. The summed E-state index contributed by atoms with van der Waals surface area (Å²) in [6.07, 6.45) is -0.590. The fourth-order valence-electron chi connectivity index (χ4n) is 1.69. The Morgan fingerprint density at radius 1 is 1.15 bits per heavy atom. The molecule has 0 radical (unpaired) electrons. The number of hydrogen-bond donors (Lipinski definition) is 1. The molecule has 2 rings (SSSR count). The Hall–Kier alpha value is -1.29. The average molecular weight is 315 g/mol. The maximum Gasteiger partial charge on any atom is 0.138 e. The molecule has 5 heteroatoms. The number of aliphatic hydroxyl groups excluding tert-OH is 1. The SMILES string of the molecule is CC(O)c1ccc(OCc2ccc(F)cc2Cl)c(Cl)c1. The summed E-state index contributed by atoms with van der Waals surface area (Å²) >= 11 is 12.0. The first-order valence-electron chi connectivity index (χ1n) is 6.01. The molecule has 0 aliphatic rings. The second-order valence-corrected chi connectivity index (χ2v) is 5.20. The molecule has 2 nitrogen and oxygen atoms in total. The van der Waals surface area contributed by atoms with Crippen LogP contribution in [0.1, 0.15) is 24.2 Å². The summed E-state index contributed by atoms with van der Waals surface area (Å²) in [4.78, 5) is 0. The molecule has 0 amide bonds. The summed E-state index contributed by atoms with van der Waals surface area (Å²) in [6, 6.07) is 9.19. The number of benzene rings is 2. The van der Waals surface area contributed by atoms with Crippen LogP contribution in [0, 0.1) is 5.82 Å². The van der Waals surface area contributed by atoms with E-state index in [1.807, 2.05) is 0 Å². The molecule has 0 aliphatic heterocycles. The van der Waals surface area contributed by atoms with Crippen LogP contribution in [0.4, 0.5) is 4.39 Å². The number of hydrogen-bond acceptors (Lipinski definition) is 2. The van der Waals surface area contributed by atoms with E-state index in [0.29, 0.717) is 26.9 Å². The van der Waals surface area contributed by atoms with E-state index in [4.69, 9.17) is 27.9 Å². The molecular formula is C15H13Cl2FO2. The van der Waals surface area contributed by atoms with Crippen molar-refractivity contribution in [2.75, 3.05) is 0 Å². The van der Waals surface area contributed by atoms with Crippen molar-refractivity contribution in [3.63, 3.8) is 0 Å². The molecule has 106 valence electrons. The molecule has 2 aromatic rings. The van der Waals surface area contributed by atoms with Crippen molar-refractivity contribution in [3.05, 3.63) is 63.4 Å². The van der Waals surface area contributed by atoms with Gasteiger partial charge < -0.3 is 9.84 Å². The molecule has 1 atom stereocenters. The second kappa shape index (κ2) is 6.44. The van der Waals surface area contributed by atoms with Crippen LogP contribution in [-0.4, -0.2) is 5.11 Å². The standard InChI is InChI=1S/C15H13Cl2FO2/c1-9(19)10-3-5-15(14(17)6-10)20-8-11-2-4-12(18)7-13(11)16/h2-7,9,19H,8H2,1H3. The topological polar surface area (TPSA) is 29.5 Å². The van der Waals surface area contributed by atoms with Crippen molar-refractivity contribution in [2.24, 2.45) is 0 Å². The van der Waals surface area contributed by atoms with Crippen LogP contribution in [0.15, 0.2) is 36.4 Å². The molecule has 20 heavy (non-hydrogen) atoms. The molecular weight excluding hydrogens is 302 g/mol. The minimum atomic E-state index is -0.590. The van der Waals surface area contributed by atoms with Gasteiger partial charge in [-0.1, -0.05) is 35.3 Å². The highest BCUT2D eigenvalue weighted by atomic mass is 35.5. The first-order chi connectivity index (χ1) is 9.47. The van der Waals surface area contributed by atoms with Crippen LogP contribution in [0.5, 0.6) is 5.75 Å². The maximum absolute atomic E-state index is 12.9. The van der Waals surface area contributed by atoms with Crippen LogP contribution in [0.2, 0.25) is 10.0 Å². The highest BCUT2D eigenvalue weighted by molar-refractivity contribution is 6.32. The fourth-order valence-corrected chi connectivity index (χ4v) is 2.15. The van der Waals surface area contributed by atoms with Crippen molar-refractivity contribution in [1.82, 2.24) is 0 Å². The highest BCUT2D eigenvalue weighted by Gasteiger charge is 2.08. The molecule has 0 spiro atoms. The molecule has 0 aromatic heterocycles. The Balaban J connectivity index is 2.11. The van der Waals surface area contributed by atoms with E-state index in [1.165, 1.54) is 12.1 Å². The first kappa shape index (κ1) is 15.1. The van der Waals surface area contributed by atoms with Gasteiger partial charge in [-0.05, 0) is 36.8 Å². The average Bonchev–Trinajstić information content (AvgIpc) is 2.38. The predicted molar refractivity (Wildman–Crippen MR) is 77.8 cm³/mol. The van der Waals surface area contributed by atoms with Gasteiger partial charge in [0.15, 0.2) is 0 Å². The van der Waals surface area contributed by atoms with Gasteiger partial charge in [-0.15, -0.1) is 0 Å². The minimum Gasteiger partial charge on any atom is -0.487 e. The summed E-state index contributed by atoms with van der Waals surface area (Å²) in [5, 5.41) is 10.2. The van der Waals surface area contributed by atoms with Gasteiger partial charge in [0.2, 0.25) is 0 Å². The summed E-state index contributed by atoms with van der Waals surface area (Å²) in [7, 11) is 0. The van der Waals surface area contributed by atoms with Gasteiger partial charge in [-0.25, -0.2) is 4.39 Å². The first-order valence-corrected chi connectivity index (χ1v) is 6.77. The van der Waals surface area contributed by atoms with Crippen LogP contribution in [0.3, 0.4) is 0 Å². The highest BCUT2D eigenvalue weighted by Crippen LogP contribution is 2.29. The van der Waals surface area contributed by atoms with Gasteiger partial charge in [-0.2, -0.15) is 0 Å². The monoisotopic (exact) mass is 314 g/mol. The summed E-state index contributed by atoms with van der Waals surface area (Å²) in [6.45, 7) is 1.84. The van der Waals surface area contributed by atoms with E-state index in [9.17, 15) is 9.50 Å². The molecule has 0 fully saturated rings. The number of ether oxygens (including phenoxy) is 1. The number of rotatable bonds is 4. The third kappa shape index (κ3) is 3.63. The number of halogens is 3. The van der Waals surface area contributed by atoms with E-state index < -0.39 is 11.9 Å². The van der Waals surface area contributed by atoms with Gasteiger partial charge >= 0.3 is 0 Å². The normalized spacial score (nSPS) is 12.2. The van der Waals surface area contributed by atoms with Gasteiger partial charge in [0.1, 0.15) is 18.2 Å². The molecule has 1 N–H and O–H groups in total. The van der Waals surface area contributed by atoms with Gasteiger partial charge in [0, 0.05) is 5.56 Å². The summed E-state index contributed by atoms with van der Waals surface area (Å²) < 4.78 is 18.5. The third-order valence-electron chi connectivity index (χ3n) is 2.84. The van der Waals surface area contributed by atoms with E-state index >= 15 is 0 Å². The van der Waals surface area contributed by atoms with Gasteiger partial charge in [0.25, 0.3) is 0 Å². The molecule has 0 saturated heterocycles. The lowest BCUT2D eigenvalue weighted by atomic mass is 10.1. The molecule has 2 aromatic carbocycles. The molecule has 1 unspecified atom stereocenters. The smallest absolute Gasteiger partial charge is 0.138 e. The zero-order valence-electron chi connectivity index (χ0n) is 10.7. The van der Waals surface area contributed by atoms with Crippen LogP contribution in [0.25, 0.3) is 0 Å². The zero-order chi connectivity index (χ0) is 14.7. The van der Waals surface area contributed by atoms with Gasteiger partial charge in [-0.3, -0.25) is 0 Å². The molecule has 0 aliphatic carbocycles. The van der Waals surface area contributed by atoms with E-state index in [1.54, 1.807) is 31.2 Å². The lowest BCUT2D eigenvalue weighted by molar-refractivity contribution is 0.199. The van der Waals surface area contributed by atoms with Crippen molar-refractivity contribution in [3.8, 4) is 5.75 Å². The Kier molecular flexibility index (Phi) is 4.86. The Bertz CT molecular complexity index is 615. The lowest BCUT2D eigenvalue weighted by Gasteiger charge is -2.11. The summed E-state index contributed by atoms with van der Waals surface area (Å²) in [5.74, 6) is 0.0922. The third-order valence-corrected chi connectivity index (χ3v) is 3.48. The largest absolute Gasteiger partial charge is 0.487 e. The van der Waals surface area contributed by atoms with Crippen molar-refractivity contribution >= 4 is 23.2 Å². The van der Waals surface area contributed by atoms with Crippen molar-refractivity contribution in [2.45, 2.75) is 19.6 Å². The predicted octanol–water partition coefficient (Wildman–Crippen LogP) is 4.76. The van der Waals surface area contributed by atoms with Gasteiger partial charge in [0.05, 0.1) is 16.1 Å². The Labute approximate surface area is 126 Å². The minimum absolute atomic E-state index is 0.187. The van der Waals surface area contributed by atoms with E-state index in [2.05, 4.69) is 0 Å². The zero-order valence-corrected chi connectivity index (χ0v) is 12.2. The Morgan fingerprint density at radius 3 is 2.50 bits per heavy atom. The fraction of sp³-hybridized carbons (Fsp3) is 0.200. The van der Waals surface area contributed by atoms with Crippen molar-refractivity contribution < 1.29 is 14.2 Å². The van der Waals surface area contributed by atoms with Crippen LogP contribution in [-0.2, 0) is 6.61 Å². The quantitative estimate of drug-likeness (QED) is 0.881. The number of aliphatic hydroxyl groups is 1. The van der Waals surface area contributed by atoms with Crippen molar-refractivity contribution in [1.29, 1.82) is 0 Å². The lowest BCUT2D eigenvalue weighted by Crippen LogP contribution is -1.98. The van der Waals surface area contributed by atoms with E-state index in [0.717, 1.165) is 0 Å². The molecule has 0 saturated carbocycles. The van der Waals surface area contributed by atoms with Crippen LogP contribution >= 0.6 is 23.2 Å². The molecule has 0 bridgehead atoms. The Morgan fingerprint density at radius 2 is 1.90 bits per heavy atom. The second-order valence-electron chi connectivity index (χ2n) is 4.39. The van der Waals surface area contributed by atoms with E-state index in [-0.39, 0.29) is 6.61 Å². The molecule has 0 heterocycles. The van der Waals surface area contributed by atoms with Crippen LogP contribution < -0.4 is 4.74 Å². The maximum atomic E-state index is 12.9.